The summed E-state index contributed by atoms with van der Waals surface area (Å²) in [6, 6.07) is 19.2. The molecule has 3 aromatic carbocycles. The highest BCUT2D eigenvalue weighted by Crippen LogP contribution is 2.49. The molecule has 27 heavy (non-hydrogen) atoms. The fraction of sp³-hybridized carbons (Fsp3) is 0.136. The smallest absolute Gasteiger partial charge is 0.265 e. The van der Waals surface area contributed by atoms with Crippen LogP contribution in [-0.2, 0) is 6.54 Å². The van der Waals surface area contributed by atoms with Crippen LogP contribution in [0.3, 0.4) is 0 Å². The van der Waals surface area contributed by atoms with Crippen molar-refractivity contribution in [1.29, 1.82) is 0 Å². The van der Waals surface area contributed by atoms with Crippen molar-refractivity contribution in [3.05, 3.63) is 69.7 Å². The molecule has 0 spiro atoms. The highest BCUT2D eigenvalue weighted by molar-refractivity contribution is 8.04. The fourth-order valence-electron chi connectivity index (χ4n) is 3.69. The van der Waals surface area contributed by atoms with Crippen molar-refractivity contribution < 1.29 is 4.57 Å². The van der Waals surface area contributed by atoms with Crippen molar-refractivity contribution in [3.8, 4) is 0 Å². The maximum atomic E-state index is 6.23. The summed E-state index contributed by atoms with van der Waals surface area (Å²) in [5.41, 5.74) is 2.51. The van der Waals surface area contributed by atoms with Crippen LogP contribution in [0.25, 0.3) is 27.1 Å². The Kier molecular flexibility index (Phi) is 4.15. The average molecular weight is 410 g/mol. The molecule has 0 fully saturated rings. The average Bonchev–Trinajstić information content (AvgIpc) is 3.19. The number of halogens is 1. The van der Waals surface area contributed by atoms with E-state index in [9.17, 15) is 0 Å². The van der Waals surface area contributed by atoms with Crippen LogP contribution in [0, 0.1) is 0 Å². The van der Waals surface area contributed by atoms with Gasteiger partial charge in [-0.25, -0.2) is 0 Å². The first kappa shape index (κ1) is 17.1. The molecule has 0 amide bonds. The van der Waals surface area contributed by atoms with E-state index in [1.54, 1.807) is 0 Å². The predicted molar refractivity (Wildman–Crippen MR) is 119 cm³/mol. The zero-order valence-corrected chi connectivity index (χ0v) is 17.5. The quantitative estimate of drug-likeness (QED) is 0.346. The van der Waals surface area contributed by atoms with Crippen molar-refractivity contribution in [1.82, 2.24) is 0 Å². The number of thioether (sulfide) groups is 1. The summed E-state index contributed by atoms with van der Waals surface area (Å²) >= 11 is 9.89. The largest absolute Gasteiger partial charge is 0.337 e. The van der Waals surface area contributed by atoms with E-state index in [1.807, 2.05) is 29.2 Å². The van der Waals surface area contributed by atoms with Crippen LogP contribution in [0.15, 0.2) is 64.5 Å². The molecule has 0 N–H and O–H groups in total. The molecule has 0 radical (unpaired) electrons. The van der Waals surface area contributed by atoms with Gasteiger partial charge in [0, 0.05) is 28.4 Å². The lowest BCUT2D eigenvalue weighted by molar-refractivity contribution is -0.665. The van der Waals surface area contributed by atoms with Gasteiger partial charge in [-0.15, -0.1) is 0 Å². The number of hydrogen-bond acceptors (Lipinski definition) is 3. The van der Waals surface area contributed by atoms with Crippen LogP contribution in [0.2, 0.25) is 5.02 Å². The van der Waals surface area contributed by atoms with Gasteiger partial charge in [-0.2, -0.15) is 4.57 Å². The predicted octanol–water partition coefficient (Wildman–Crippen LogP) is 6.56. The summed E-state index contributed by atoms with van der Waals surface area (Å²) in [7, 11) is 2.16. The summed E-state index contributed by atoms with van der Waals surface area (Å²) in [5.74, 6) is 0. The number of benzene rings is 3. The monoisotopic (exact) mass is 409 g/mol. The topological polar surface area (TPSA) is 7.12 Å². The molecule has 0 saturated carbocycles. The van der Waals surface area contributed by atoms with E-state index in [2.05, 4.69) is 78.0 Å². The zero-order chi connectivity index (χ0) is 18.5. The van der Waals surface area contributed by atoms with Crippen LogP contribution in [0.4, 0.5) is 5.69 Å². The minimum absolute atomic E-state index is 0.785. The highest BCUT2D eigenvalue weighted by atomic mass is 35.5. The maximum absolute atomic E-state index is 6.23. The van der Waals surface area contributed by atoms with E-state index < -0.39 is 0 Å². The van der Waals surface area contributed by atoms with Gasteiger partial charge in [0.15, 0.2) is 0 Å². The first-order chi connectivity index (χ1) is 13.2. The zero-order valence-electron chi connectivity index (χ0n) is 15.1. The number of anilines is 1. The Labute approximate surface area is 171 Å². The molecule has 5 heteroatoms. The van der Waals surface area contributed by atoms with Gasteiger partial charge < -0.3 is 4.90 Å². The molecular formula is C22H18ClN2S2+. The lowest BCUT2D eigenvalue weighted by Gasteiger charge is -2.15. The molecule has 0 saturated heterocycles. The Morgan fingerprint density at radius 3 is 2.81 bits per heavy atom. The van der Waals surface area contributed by atoms with E-state index >= 15 is 0 Å². The Morgan fingerprint density at radius 1 is 1.11 bits per heavy atom. The summed E-state index contributed by atoms with van der Waals surface area (Å²) in [6.45, 7) is 3.10. The molecule has 2 heterocycles. The molecule has 0 atom stereocenters. The number of fused-ring (bicyclic) bond motifs is 4. The molecule has 0 bridgehead atoms. The SMILES string of the molecule is CC[n+]1c(C=C2Sc3ccc4ccccc4c3N2C)sc2ccc(Cl)cc21. The van der Waals surface area contributed by atoms with Crippen molar-refractivity contribution in [3.63, 3.8) is 0 Å². The van der Waals surface area contributed by atoms with Gasteiger partial charge in [-0.1, -0.05) is 65.0 Å². The molecule has 2 nitrogen and oxygen atoms in total. The van der Waals surface area contributed by atoms with Gasteiger partial charge in [0.2, 0.25) is 5.52 Å². The number of hydrogen-bond donors (Lipinski definition) is 0. The number of aromatic nitrogens is 1. The van der Waals surface area contributed by atoms with Gasteiger partial charge in [-0.3, -0.25) is 0 Å². The second kappa shape index (κ2) is 6.55. The maximum Gasteiger partial charge on any atom is 0.265 e. The number of nitrogens with zero attached hydrogens (tertiary/aromatic N) is 2. The normalized spacial score (nSPS) is 15.2. The number of aryl methyl sites for hydroxylation is 1. The lowest BCUT2D eigenvalue weighted by Crippen LogP contribution is -2.33. The molecule has 0 unspecified atom stereocenters. The third-order valence-corrected chi connectivity index (χ3v) is 7.50. The highest BCUT2D eigenvalue weighted by Gasteiger charge is 2.26. The second-order valence-corrected chi connectivity index (χ2v) is 9.13. The Bertz CT molecular complexity index is 1230. The van der Waals surface area contributed by atoms with Gasteiger partial charge in [0.25, 0.3) is 5.01 Å². The summed E-state index contributed by atoms with van der Waals surface area (Å²) < 4.78 is 3.61. The minimum atomic E-state index is 0.785. The molecule has 4 aromatic rings. The van der Waals surface area contributed by atoms with Gasteiger partial charge in [-0.05, 0) is 30.5 Å². The van der Waals surface area contributed by atoms with Crippen LogP contribution >= 0.6 is 34.7 Å². The summed E-state index contributed by atoms with van der Waals surface area (Å²) in [5, 5.41) is 5.88. The van der Waals surface area contributed by atoms with Crippen LogP contribution in [0.1, 0.15) is 11.9 Å². The molecule has 0 aliphatic carbocycles. The van der Waals surface area contributed by atoms with Crippen LogP contribution in [-0.4, -0.2) is 7.05 Å². The van der Waals surface area contributed by atoms with Gasteiger partial charge >= 0.3 is 0 Å². The first-order valence-corrected chi connectivity index (χ1v) is 10.9. The van der Waals surface area contributed by atoms with Crippen molar-refractivity contribution in [2.45, 2.75) is 18.4 Å². The standard InChI is InChI=1S/C22H18ClN2S2/c1-3-25-17-12-15(23)9-11-18(17)26-21(25)13-20-24(2)22-16-7-5-4-6-14(16)8-10-19(22)27-20/h4-13H,3H2,1-2H3/q+1. The molecule has 134 valence electrons. The van der Waals surface area contributed by atoms with E-state index in [4.69, 9.17) is 11.6 Å². The van der Waals surface area contributed by atoms with Crippen molar-refractivity contribution in [2.24, 2.45) is 0 Å². The van der Waals surface area contributed by atoms with E-state index in [0.29, 0.717) is 0 Å². The van der Waals surface area contributed by atoms with Crippen molar-refractivity contribution in [2.75, 3.05) is 11.9 Å². The fourth-order valence-corrected chi connectivity index (χ4v) is 6.18. The van der Waals surface area contributed by atoms with Crippen molar-refractivity contribution >= 4 is 67.5 Å². The number of rotatable bonds is 2. The second-order valence-electron chi connectivity index (χ2n) is 6.57. The summed E-state index contributed by atoms with van der Waals surface area (Å²) in [6.07, 6.45) is 2.31. The third kappa shape index (κ3) is 2.75. The Hall–Kier alpha value is -2.01. The Balaban J connectivity index is 1.64. The van der Waals surface area contributed by atoms with Gasteiger partial charge in [0.1, 0.15) is 11.2 Å². The third-order valence-electron chi connectivity index (χ3n) is 5.00. The number of thiazole rings is 1. The first-order valence-electron chi connectivity index (χ1n) is 8.92. The Morgan fingerprint density at radius 2 is 1.96 bits per heavy atom. The van der Waals surface area contributed by atoms with Crippen LogP contribution in [0.5, 0.6) is 0 Å². The molecular weight excluding hydrogens is 392 g/mol. The molecule has 5 rings (SSSR count). The molecule has 1 aliphatic rings. The van der Waals surface area contributed by atoms with E-state index in [1.165, 1.54) is 41.6 Å². The molecule has 1 aliphatic heterocycles. The summed E-state index contributed by atoms with van der Waals surface area (Å²) in [4.78, 5) is 3.63. The van der Waals surface area contributed by atoms with E-state index in [0.717, 1.165) is 11.6 Å². The van der Waals surface area contributed by atoms with E-state index in [-0.39, 0.29) is 0 Å². The molecule has 1 aromatic heterocycles. The van der Waals surface area contributed by atoms with Gasteiger partial charge in [0.05, 0.1) is 16.8 Å². The van der Waals surface area contributed by atoms with Crippen LogP contribution < -0.4 is 9.47 Å². The lowest BCUT2D eigenvalue weighted by atomic mass is 10.1. The minimum Gasteiger partial charge on any atom is -0.337 e.